The molecule has 64 valence electrons. The van der Waals surface area contributed by atoms with Crippen molar-refractivity contribution in [1.29, 1.82) is 0 Å². The van der Waals surface area contributed by atoms with Crippen LogP contribution in [0.4, 0.5) is 0 Å². The standard InChI is InChI=1S/C8H12BNO2/c10-8(9(11)12)6-7-4-2-1-3-5-7/h1-5,8,11-12H,6,10H2. The van der Waals surface area contributed by atoms with Gasteiger partial charge in [-0.1, -0.05) is 30.3 Å². The summed E-state index contributed by atoms with van der Waals surface area (Å²) in [7, 11) is -1.44. The lowest BCUT2D eigenvalue weighted by atomic mass is 9.77. The maximum Gasteiger partial charge on any atom is 0.469 e. The van der Waals surface area contributed by atoms with Crippen LogP contribution in [0, 0.1) is 0 Å². The fraction of sp³-hybridized carbons (Fsp3) is 0.250. The van der Waals surface area contributed by atoms with E-state index < -0.39 is 13.1 Å². The molecule has 0 saturated heterocycles. The van der Waals surface area contributed by atoms with E-state index in [4.69, 9.17) is 15.8 Å². The third kappa shape index (κ3) is 2.66. The Labute approximate surface area is 72.0 Å². The topological polar surface area (TPSA) is 66.5 Å². The number of hydrogen-bond donors (Lipinski definition) is 3. The molecular weight excluding hydrogens is 153 g/mol. The van der Waals surface area contributed by atoms with E-state index in [9.17, 15) is 0 Å². The zero-order valence-corrected chi connectivity index (χ0v) is 6.72. The molecule has 0 aliphatic carbocycles. The number of hydrogen-bond acceptors (Lipinski definition) is 3. The molecule has 0 amide bonds. The van der Waals surface area contributed by atoms with Crippen LogP contribution < -0.4 is 5.73 Å². The van der Waals surface area contributed by atoms with Crippen LogP contribution in [0.15, 0.2) is 30.3 Å². The zero-order valence-electron chi connectivity index (χ0n) is 6.72. The molecule has 0 saturated carbocycles. The fourth-order valence-electron chi connectivity index (χ4n) is 0.992. The first kappa shape index (κ1) is 9.25. The van der Waals surface area contributed by atoms with Crippen molar-refractivity contribution in [2.24, 2.45) is 5.73 Å². The van der Waals surface area contributed by atoms with Gasteiger partial charge in [-0.05, 0) is 12.0 Å². The first-order chi connectivity index (χ1) is 5.70. The SMILES string of the molecule is NC(Cc1ccccc1)B(O)O. The van der Waals surface area contributed by atoms with Crippen molar-refractivity contribution in [3.05, 3.63) is 35.9 Å². The molecule has 1 unspecified atom stereocenters. The Morgan fingerprint density at radius 1 is 1.25 bits per heavy atom. The quantitative estimate of drug-likeness (QED) is 0.532. The lowest BCUT2D eigenvalue weighted by Gasteiger charge is -2.09. The van der Waals surface area contributed by atoms with Crippen molar-refractivity contribution < 1.29 is 10.0 Å². The van der Waals surface area contributed by atoms with E-state index in [1.165, 1.54) is 0 Å². The highest BCUT2D eigenvalue weighted by molar-refractivity contribution is 6.43. The molecule has 0 fully saturated rings. The van der Waals surface area contributed by atoms with E-state index in [0.717, 1.165) is 5.56 Å². The molecule has 1 atom stereocenters. The fourth-order valence-corrected chi connectivity index (χ4v) is 0.992. The number of rotatable bonds is 3. The Hall–Kier alpha value is -0.835. The molecule has 4 N–H and O–H groups in total. The minimum absolute atomic E-state index is 0.485. The summed E-state index contributed by atoms with van der Waals surface area (Å²) in [6.45, 7) is 0. The first-order valence-electron chi connectivity index (χ1n) is 3.86. The number of benzene rings is 1. The molecule has 1 aromatic carbocycles. The van der Waals surface area contributed by atoms with E-state index in [2.05, 4.69) is 0 Å². The molecule has 1 rings (SSSR count). The van der Waals surface area contributed by atoms with Crippen molar-refractivity contribution in [2.45, 2.75) is 12.4 Å². The van der Waals surface area contributed by atoms with Gasteiger partial charge in [-0.25, -0.2) is 0 Å². The Balaban J connectivity index is 2.53. The van der Waals surface area contributed by atoms with Gasteiger partial charge in [0, 0.05) is 5.94 Å². The molecule has 0 aliphatic rings. The molecule has 0 spiro atoms. The highest BCUT2D eigenvalue weighted by Gasteiger charge is 2.18. The molecule has 0 heterocycles. The van der Waals surface area contributed by atoms with E-state index in [0.29, 0.717) is 6.42 Å². The molecule has 0 aliphatic heterocycles. The van der Waals surface area contributed by atoms with Crippen LogP contribution in [-0.2, 0) is 6.42 Å². The largest absolute Gasteiger partial charge is 0.469 e. The molecular formula is C8H12BNO2. The third-order valence-corrected chi connectivity index (χ3v) is 1.70. The van der Waals surface area contributed by atoms with Crippen molar-refractivity contribution >= 4 is 7.12 Å². The summed E-state index contributed by atoms with van der Waals surface area (Å²) in [5, 5.41) is 17.4. The van der Waals surface area contributed by atoms with Gasteiger partial charge in [0.05, 0.1) is 0 Å². The van der Waals surface area contributed by atoms with Crippen molar-refractivity contribution in [3.8, 4) is 0 Å². The summed E-state index contributed by atoms with van der Waals surface area (Å²) < 4.78 is 0. The normalized spacial score (nSPS) is 12.6. The zero-order chi connectivity index (χ0) is 8.97. The van der Waals surface area contributed by atoms with E-state index >= 15 is 0 Å². The van der Waals surface area contributed by atoms with Gasteiger partial charge < -0.3 is 15.8 Å². The maximum atomic E-state index is 8.71. The average Bonchev–Trinajstić information content (AvgIpc) is 2.06. The third-order valence-electron chi connectivity index (χ3n) is 1.70. The van der Waals surface area contributed by atoms with Crippen LogP contribution in [0.25, 0.3) is 0 Å². The molecule has 0 aromatic heterocycles. The average molecular weight is 165 g/mol. The Morgan fingerprint density at radius 3 is 2.33 bits per heavy atom. The van der Waals surface area contributed by atoms with Crippen LogP contribution >= 0.6 is 0 Å². The maximum absolute atomic E-state index is 8.71. The van der Waals surface area contributed by atoms with Crippen LogP contribution in [0.5, 0.6) is 0 Å². The summed E-state index contributed by atoms with van der Waals surface area (Å²) in [6, 6.07) is 9.51. The van der Waals surface area contributed by atoms with E-state index in [1.807, 2.05) is 30.3 Å². The minimum atomic E-state index is -1.44. The van der Waals surface area contributed by atoms with Crippen LogP contribution in [0.3, 0.4) is 0 Å². The van der Waals surface area contributed by atoms with Gasteiger partial charge in [-0.3, -0.25) is 0 Å². The Kier molecular flexibility index (Phi) is 3.28. The van der Waals surface area contributed by atoms with Gasteiger partial charge in [0.15, 0.2) is 0 Å². The predicted molar refractivity (Wildman–Crippen MR) is 48.3 cm³/mol. The second-order valence-electron chi connectivity index (χ2n) is 2.77. The van der Waals surface area contributed by atoms with Gasteiger partial charge in [0.25, 0.3) is 0 Å². The van der Waals surface area contributed by atoms with Gasteiger partial charge >= 0.3 is 7.12 Å². The highest BCUT2D eigenvalue weighted by Crippen LogP contribution is 2.01. The van der Waals surface area contributed by atoms with Gasteiger partial charge in [0.1, 0.15) is 0 Å². The summed E-state index contributed by atoms with van der Waals surface area (Å²) in [6.07, 6.45) is 0.485. The van der Waals surface area contributed by atoms with Crippen LogP contribution in [-0.4, -0.2) is 23.1 Å². The molecule has 0 bridgehead atoms. The Morgan fingerprint density at radius 2 is 1.83 bits per heavy atom. The summed E-state index contributed by atoms with van der Waals surface area (Å²) in [5.74, 6) is -0.604. The first-order valence-corrected chi connectivity index (χ1v) is 3.86. The van der Waals surface area contributed by atoms with Crippen molar-refractivity contribution in [1.82, 2.24) is 0 Å². The highest BCUT2D eigenvalue weighted by atomic mass is 16.4. The second-order valence-corrected chi connectivity index (χ2v) is 2.77. The minimum Gasteiger partial charge on any atom is -0.426 e. The van der Waals surface area contributed by atoms with E-state index in [1.54, 1.807) is 0 Å². The van der Waals surface area contributed by atoms with Crippen LogP contribution in [0.2, 0.25) is 0 Å². The van der Waals surface area contributed by atoms with Crippen molar-refractivity contribution in [2.75, 3.05) is 0 Å². The Bertz CT molecular complexity index is 228. The van der Waals surface area contributed by atoms with Gasteiger partial charge in [0.2, 0.25) is 0 Å². The molecule has 1 aromatic rings. The monoisotopic (exact) mass is 165 g/mol. The van der Waals surface area contributed by atoms with E-state index in [-0.39, 0.29) is 0 Å². The summed E-state index contributed by atoms with van der Waals surface area (Å²) >= 11 is 0. The van der Waals surface area contributed by atoms with Gasteiger partial charge in [-0.15, -0.1) is 0 Å². The summed E-state index contributed by atoms with van der Waals surface area (Å²) in [5.41, 5.74) is 6.46. The molecule has 12 heavy (non-hydrogen) atoms. The lowest BCUT2D eigenvalue weighted by Crippen LogP contribution is -2.40. The molecule has 4 heteroatoms. The van der Waals surface area contributed by atoms with Crippen LogP contribution in [0.1, 0.15) is 5.56 Å². The van der Waals surface area contributed by atoms with Gasteiger partial charge in [-0.2, -0.15) is 0 Å². The van der Waals surface area contributed by atoms with Crippen molar-refractivity contribution in [3.63, 3.8) is 0 Å². The molecule has 0 radical (unpaired) electrons. The lowest BCUT2D eigenvalue weighted by molar-refractivity contribution is 0.386. The molecule has 3 nitrogen and oxygen atoms in total. The number of nitrogens with two attached hydrogens (primary N) is 1. The smallest absolute Gasteiger partial charge is 0.426 e. The summed E-state index contributed by atoms with van der Waals surface area (Å²) in [4.78, 5) is 0. The second kappa shape index (κ2) is 4.26. The predicted octanol–water partition coefficient (Wildman–Crippen LogP) is -0.432.